The number of para-hydroxylation sites is 1. The number of rotatable bonds is 11. The second kappa shape index (κ2) is 12.4. The van der Waals surface area contributed by atoms with Gasteiger partial charge in [-0.05, 0) is 46.9 Å². The second-order valence-electron chi connectivity index (χ2n) is 10.6. The van der Waals surface area contributed by atoms with Gasteiger partial charge in [0, 0.05) is 25.1 Å². The third-order valence-electron chi connectivity index (χ3n) is 7.70. The van der Waals surface area contributed by atoms with Gasteiger partial charge >= 0.3 is 5.69 Å². The monoisotopic (exact) mass is 574 g/mol. The molecule has 0 aliphatic rings. The van der Waals surface area contributed by atoms with Gasteiger partial charge < -0.3 is 4.57 Å². The summed E-state index contributed by atoms with van der Waals surface area (Å²) in [6.07, 6.45) is 4.56. The first kappa shape index (κ1) is 28.0. The zero-order chi connectivity index (χ0) is 29.8. The van der Waals surface area contributed by atoms with E-state index in [1.165, 1.54) is 4.57 Å². The highest BCUT2D eigenvalue weighted by Gasteiger charge is 2.22. The zero-order valence-corrected chi connectivity index (χ0v) is 24.4. The van der Waals surface area contributed by atoms with Gasteiger partial charge in [-0.2, -0.15) is 5.21 Å². The number of unbranched alkanes of at least 4 members (excludes halogenated alkanes) is 2. The van der Waals surface area contributed by atoms with Crippen LogP contribution in [0.2, 0.25) is 0 Å². The first-order chi connectivity index (χ1) is 21.1. The summed E-state index contributed by atoms with van der Waals surface area (Å²) < 4.78 is 4.95. The first-order valence-electron chi connectivity index (χ1n) is 14.8. The lowest BCUT2D eigenvalue weighted by atomic mass is 9.98. The Balaban J connectivity index is 1.47. The van der Waals surface area contributed by atoms with E-state index >= 15 is 0 Å². The fourth-order valence-electron chi connectivity index (χ4n) is 5.59. The maximum atomic E-state index is 14.1. The van der Waals surface area contributed by atoms with Gasteiger partial charge in [0.05, 0.1) is 5.69 Å². The van der Waals surface area contributed by atoms with Gasteiger partial charge in [-0.15, -0.1) is 10.2 Å². The summed E-state index contributed by atoms with van der Waals surface area (Å²) in [4.78, 5) is 32.7. The van der Waals surface area contributed by atoms with Crippen LogP contribution in [0, 0.1) is 0 Å². The first-order valence-corrected chi connectivity index (χ1v) is 14.8. The second-order valence-corrected chi connectivity index (χ2v) is 10.6. The molecule has 6 aromatic rings. The molecule has 0 atom stereocenters. The molecule has 0 aliphatic heterocycles. The average molecular weight is 575 g/mol. The Labute approximate surface area is 248 Å². The van der Waals surface area contributed by atoms with E-state index in [0.29, 0.717) is 35.8 Å². The summed E-state index contributed by atoms with van der Waals surface area (Å²) in [5.74, 6) is 1.36. The highest BCUT2D eigenvalue weighted by atomic mass is 16.2. The van der Waals surface area contributed by atoms with E-state index in [9.17, 15) is 9.59 Å². The van der Waals surface area contributed by atoms with Gasteiger partial charge in [0.25, 0.3) is 5.56 Å². The summed E-state index contributed by atoms with van der Waals surface area (Å²) in [5, 5.41) is 14.6. The number of aromatic amines is 1. The minimum atomic E-state index is -0.361. The number of tetrazole rings is 1. The highest BCUT2D eigenvalue weighted by molar-refractivity contribution is 5.80. The molecular formula is C33H34N8O2. The molecule has 10 nitrogen and oxygen atoms in total. The third kappa shape index (κ3) is 5.43. The number of nitrogens with one attached hydrogen (secondary N) is 1. The lowest BCUT2D eigenvalue weighted by molar-refractivity contribution is 0.630. The molecule has 0 radical (unpaired) electrons. The van der Waals surface area contributed by atoms with Crippen molar-refractivity contribution in [3.05, 3.63) is 111 Å². The lowest BCUT2D eigenvalue weighted by Gasteiger charge is -2.13. The Hall–Kier alpha value is -5.12. The van der Waals surface area contributed by atoms with Crippen molar-refractivity contribution < 1.29 is 0 Å². The van der Waals surface area contributed by atoms with Gasteiger partial charge in [-0.25, -0.2) is 14.3 Å². The topological polar surface area (TPSA) is 116 Å². The van der Waals surface area contributed by atoms with Gasteiger partial charge in [0.15, 0.2) is 11.2 Å². The number of fused-ring (bicyclic) bond motifs is 1. The molecule has 43 heavy (non-hydrogen) atoms. The number of H-pyrrole nitrogens is 1. The van der Waals surface area contributed by atoms with Gasteiger partial charge in [0.2, 0.25) is 5.82 Å². The number of hydrogen-bond donors (Lipinski definition) is 1. The Morgan fingerprint density at radius 3 is 2.23 bits per heavy atom. The van der Waals surface area contributed by atoms with Crippen LogP contribution >= 0.6 is 0 Å². The molecule has 3 heterocycles. The van der Waals surface area contributed by atoms with E-state index < -0.39 is 0 Å². The molecule has 6 rings (SSSR count). The smallest absolute Gasteiger partial charge is 0.318 e. The molecule has 3 aromatic heterocycles. The standard InChI is InChI=1S/C33H34N8O2/c1-3-5-7-16-28-34-31-29(32(42)41(25-12-8-6-9-13-25)33(43)39(31)21-4-2)40(28)22-23-17-19-24(20-18-23)26-14-10-11-15-27(26)30-35-37-38-36-30/h6,8-15,17-20H,3-5,7,16,21-22H2,1-2H3,(H,35,36,37,38). The van der Waals surface area contributed by atoms with Crippen LogP contribution < -0.4 is 11.2 Å². The van der Waals surface area contributed by atoms with Crippen LogP contribution in [-0.2, 0) is 19.5 Å². The van der Waals surface area contributed by atoms with Crippen LogP contribution in [0.3, 0.4) is 0 Å². The van der Waals surface area contributed by atoms with Crippen LogP contribution in [-0.4, -0.2) is 39.3 Å². The SMILES string of the molecule is CCCCCc1nc2c(c(=O)n(-c3ccccc3)c(=O)n2CCC)n1Cc1ccc(-c2ccccc2-c2nn[nH]n2)cc1. The molecule has 0 unspecified atom stereocenters. The average Bonchev–Trinajstić information content (AvgIpc) is 3.70. The van der Waals surface area contributed by atoms with Gasteiger partial charge in [-0.1, -0.05) is 93.4 Å². The fraction of sp³-hybridized carbons (Fsp3) is 0.273. The number of aromatic nitrogens is 8. The summed E-state index contributed by atoms with van der Waals surface area (Å²) in [5.41, 5.74) is 4.68. The molecule has 0 bridgehead atoms. The largest absolute Gasteiger partial charge is 0.337 e. The Bertz CT molecular complexity index is 1950. The van der Waals surface area contributed by atoms with Crippen molar-refractivity contribution in [3.8, 4) is 28.2 Å². The summed E-state index contributed by atoms with van der Waals surface area (Å²) in [7, 11) is 0. The number of nitrogens with zero attached hydrogens (tertiary/aromatic N) is 7. The Morgan fingerprint density at radius 1 is 0.791 bits per heavy atom. The van der Waals surface area contributed by atoms with Crippen LogP contribution in [0.15, 0.2) is 88.5 Å². The van der Waals surface area contributed by atoms with Crippen molar-refractivity contribution in [2.24, 2.45) is 0 Å². The molecule has 0 amide bonds. The van der Waals surface area contributed by atoms with Crippen molar-refractivity contribution in [2.75, 3.05) is 0 Å². The van der Waals surface area contributed by atoms with E-state index in [-0.39, 0.29) is 11.2 Å². The zero-order valence-electron chi connectivity index (χ0n) is 24.4. The minimum absolute atomic E-state index is 0.349. The number of aryl methyl sites for hydroxylation is 2. The molecule has 0 spiro atoms. The lowest BCUT2D eigenvalue weighted by Crippen LogP contribution is -2.39. The van der Waals surface area contributed by atoms with Crippen molar-refractivity contribution in [3.63, 3.8) is 0 Å². The molecule has 0 aliphatic carbocycles. The maximum absolute atomic E-state index is 14.1. The van der Waals surface area contributed by atoms with E-state index in [2.05, 4.69) is 51.8 Å². The molecule has 0 fully saturated rings. The maximum Gasteiger partial charge on any atom is 0.337 e. The van der Waals surface area contributed by atoms with E-state index in [4.69, 9.17) is 4.98 Å². The normalized spacial score (nSPS) is 11.4. The molecule has 218 valence electrons. The van der Waals surface area contributed by atoms with Crippen molar-refractivity contribution >= 4 is 11.2 Å². The molecule has 1 N–H and O–H groups in total. The number of imidazole rings is 1. The molecular weight excluding hydrogens is 540 g/mol. The Morgan fingerprint density at radius 2 is 1.53 bits per heavy atom. The van der Waals surface area contributed by atoms with E-state index in [1.807, 2.05) is 54.0 Å². The molecule has 0 saturated heterocycles. The third-order valence-corrected chi connectivity index (χ3v) is 7.70. The van der Waals surface area contributed by atoms with Crippen LogP contribution in [0.25, 0.3) is 39.4 Å². The van der Waals surface area contributed by atoms with Gasteiger partial charge in [-0.3, -0.25) is 9.36 Å². The summed E-state index contributed by atoms with van der Waals surface area (Å²) >= 11 is 0. The van der Waals surface area contributed by atoms with Crippen LogP contribution in [0.4, 0.5) is 0 Å². The van der Waals surface area contributed by atoms with E-state index in [1.54, 1.807) is 16.7 Å². The predicted octanol–water partition coefficient (Wildman–Crippen LogP) is 5.39. The highest BCUT2D eigenvalue weighted by Crippen LogP contribution is 2.30. The Kier molecular flexibility index (Phi) is 8.08. The molecule has 3 aromatic carbocycles. The van der Waals surface area contributed by atoms with Gasteiger partial charge in [0.1, 0.15) is 5.82 Å². The van der Waals surface area contributed by atoms with Crippen LogP contribution in [0.5, 0.6) is 0 Å². The molecule has 10 heteroatoms. The van der Waals surface area contributed by atoms with Crippen molar-refractivity contribution in [2.45, 2.75) is 59.0 Å². The fourth-order valence-corrected chi connectivity index (χ4v) is 5.59. The van der Waals surface area contributed by atoms with Crippen molar-refractivity contribution in [1.29, 1.82) is 0 Å². The number of benzene rings is 3. The predicted molar refractivity (Wildman–Crippen MR) is 167 cm³/mol. The summed E-state index contributed by atoms with van der Waals surface area (Å²) in [6, 6.07) is 25.4. The number of hydrogen-bond acceptors (Lipinski definition) is 6. The van der Waals surface area contributed by atoms with Crippen LogP contribution in [0.1, 0.15) is 50.9 Å². The van der Waals surface area contributed by atoms with Crippen molar-refractivity contribution in [1.82, 2.24) is 39.3 Å². The quantitative estimate of drug-likeness (QED) is 0.208. The molecule has 0 saturated carbocycles. The minimum Gasteiger partial charge on any atom is -0.318 e. The summed E-state index contributed by atoms with van der Waals surface area (Å²) in [6.45, 7) is 5.12. The van der Waals surface area contributed by atoms with E-state index in [0.717, 1.165) is 60.2 Å².